The Morgan fingerprint density at radius 1 is 1.14 bits per heavy atom. The largest absolute Gasteiger partial charge is 0.295 e. The van der Waals surface area contributed by atoms with E-state index in [1.807, 2.05) is 60.9 Å². The summed E-state index contributed by atoms with van der Waals surface area (Å²) in [6, 6.07) is 17.1. The van der Waals surface area contributed by atoms with Crippen molar-refractivity contribution in [3.63, 3.8) is 0 Å². The van der Waals surface area contributed by atoms with E-state index >= 15 is 0 Å². The van der Waals surface area contributed by atoms with Crippen LogP contribution in [-0.4, -0.2) is 16.1 Å². The fourth-order valence-electron chi connectivity index (χ4n) is 3.34. The molecule has 0 saturated carbocycles. The lowest BCUT2D eigenvalue weighted by molar-refractivity contribution is 0.105. The number of benzene rings is 2. The molecule has 142 valence electrons. The molecule has 0 fully saturated rings. The van der Waals surface area contributed by atoms with Gasteiger partial charge in [0.2, 0.25) is 5.78 Å². The number of rotatable bonds is 3. The van der Waals surface area contributed by atoms with Crippen molar-refractivity contribution in [2.24, 2.45) is 10.5 Å². The molecule has 4 nitrogen and oxygen atoms in total. The molecule has 0 aliphatic heterocycles. The van der Waals surface area contributed by atoms with E-state index in [0.717, 1.165) is 17.1 Å². The van der Waals surface area contributed by atoms with Crippen molar-refractivity contribution in [3.05, 3.63) is 74.1 Å². The Morgan fingerprint density at radius 2 is 1.82 bits per heavy atom. The Balaban J connectivity index is 1.75. The summed E-state index contributed by atoms with van der Waals surface area (Å²) in [6.45, 7) is 4.07. The minimum absolute atomic E-state index is 0.0708. The summed E-state index contributed by atoms with van der Waals surface area (Å²) >= 11 is 12.9. The van der Waals surface area contributed by atoms with Gasteiger partial charge in [0.15, 0.2) is 3.95 Å². The van der Waals surface area contributed by atoms with E-state index < -0.39 is 5.41 Å². The first-order valence-electron chi connectivity index (χ1n) is 8.81. The number of aromatic nitrogens is 1. The highest BCUT2D eigenvalue weighted by atomic mass is 35.5. The van der Waals surface area contributed by atoms with Crippen molar-refractivity contribution in [3.8, 4) is 5.69 Å². The number of carbonyl (C=O) groups excluding carboxylic acids is 1. The van der Waals surface area contributed by atoms with Gasteiger partial charge in [0.25, 0.3) is 0 Å². The molecule has 3 aromatic rings. The quantitative estimate of drug-likeness (QED) is 0.402. The van der Waals surface area contributed by atoms with Crippen molar-refractivity contribution in [2.75, 3.05) is 5.43 Å². The van der Waals surface area contributed by atoms with Crippen LogP contribution in [0.2, 0.25) is 5.02 Å². The number of nitrogens with zero attached hydrogens (tertiary/aromatic N) is 2. The van der Waals surface area contributed by atoms with E-state index in [4.69, 9.17) is 23.8 Å². The van der Waals surface area contributed by atoms with E-state index in [-0.39, 0.29) is 5.78 Å². The first kappa shape index (κ1) is 19.1. The standard InChI is InChI=1S/C21H18ClN3OS2/c1-21(2)12-16-18(28-20(27)25(16)15-6-4-3-5-7-15)17(26)19(21)24-23-14-10-8-13(22)9-11-14/h3-11,23H,12H2,1-2H3. The first-order valence-corrected chi connectivity index (χ1v) is 10.4. The predicted octanol–water partition coefficient (Wildman–Crippen LogP) is 6.15. The molecule has 2 aromatic carbocycles. The zero-order valence-corrected chi connectivity index (χ0v) is 17.8. The molecular formula is C21H18ClN3OS2. The molecule has 0 spiro atoms. The lowest BCUT2D eigenvalue weighted by atomic mass is 9.76. The van der Waals surface area contributed by atoms with E-state index in [2.05, 4.69) is 10.5 Å². The van der Waals surface area contributed by atoms with Crippen LogP contribution in [0.3, 0.4) is 0 Å². The summed E-state index contributed by atoms with van der Waals surface area (Å²) in [6.07, 6.45) is 0.678. The maximum Gasteiger partial charge on any atom is 0.221 e. The molecule has 1 aromatic heterocycles. The summed E-state index contributed by atoms with van der Waals surface area (Å²) in [5.74, 6) is -0.0708. The number of halogens is 1. The van der Waals surface area contributed by atoms with E-state index in [1.165, 1.54) is 11.3 Å². The zero-order chi connectivity index (χ0) is 19.9. The van der Waals surface area contributed by atoms with Gasteiger partial charge in [-0.25, -0.2) is 0 Å². The third kappa shape index (κ3) is 3.43. The smallest absolute Gasteiger partial charge is 0.221 e. The summed E-state index contributed by atoms with van der Waals surface area (Å²) < 4.78 is 2.69. The molecule has 1 heterocycles. The van der Waals surface area contributed by atoms with Crippen LogP contribution in [0, 0.1) is 9.37 Å². The molecule has 1 aliphatic rings. The number of nitrogens with one attached hydrogen (secondary N) is 1. The Hall–Kier alpha value is -2.28. The van der Waals surface area contributed by atoms with E-state index in [9.17, 15) is 4.79 Å². The van der Waals surface area contributed by atoms with Crippen molar-refractivity contribution in [1.29, 1.82) is 0 Å². The Labute approximate surface area is 177 Å². The van der Waals surface area contributed by atoms with Gasteiger partial charge in [-0.2, -0.15) is 5.10 Å². The molecule has 0 atom stereocenters. The first-order chi connectivity index (χ1) is 13.4. The SMILES string of the molecule is CC1(C)Cc2c(sc(=S)n2-c2ccccc2)C(=O)C1=NNc1ccc(Cl)cc1. The lowest BCUT2D eigenvalue weighted by Gasteiger charge is -2.30. The molecular weight excluding hydrogens is 410 g/mol. The minimum Gasteiger partial charge on any atom is -0.295 e. The summed E-state index contributed by atoms with van der Waals surface area (Å²) in [4.78, 5) is 13.9. The number of ketones is 1. The Bertz CT molecular complexity index is 1130. The molecule has 0 unspecified atom stereocenters. The van der Waals surface area contributed by atoms with Crippen molar-refractivity contribution >= 4 is 52.3 Å². The van der Waals surface area contributed by atoms with Gasteiger partial charge in [-0.1, -0.05) is 43.6 Å². The van der Waals surface area contributed by atoms with Gasteiger partial charge in [-0.3, -0.25) is 14.8 Å². The summed E-state index contributed by atoms with van der Waals surface area (Å²) in [7, 11) is 0. The third-order valence-electron chi connectivity index (χ3n) is 4.73. The lowest BCUT2D eigenvalue weighted by Crippen LogP contribution is -2.39. The van der Waals surface area contributed by atoms with Crippen LogP contribution >= 0.6 is 35.2 Å². The maximum absolute atomic E-state index is 13.3. The van der Waals surface area contributed by atoms with Crippen molar-refractivity contribution < 1.29 is 4.79 Å². The third-order valence-corrected chi connectivity index (χ3v) is 6.40. The van der Waals surface area contributed by atoms with Crippen molar-refractivity contribution in [1.82, 2.24) is 4.57 Å². The number of thiazole rings is 1. The predicted molar refractivity (Wildman–Crippen MR) is 119 cm³/mol. The highest BCUT2D eigenvalue weighted by Gasteiger charge is 2.41. The molecule has 1 N–H and O–H groups in total. The fraction of sp³-hybridized carbons (Fsp3) is 0.190. The topological polar surface area (TPSA) is 46.4 Å². The second-order valence-electron chi connectivity index (χ2n) is 7.28. The minimum atomic E-state index is -0.428. The van der Waals surface area contributed by atoms with Gasteiger partial charge >= 0.3 is 0 Å². The van der Waals surface area contributed by atoms with Gasteiger partial charge < -0.3 is 0 Å². The molecule has 28 heavy (non-hydrogen) atoms. The number of hydrazone groups is 1. The fourth-order valence-corrected chi connectivity index (χ4v) is 4.89. The second-order valence-corrected chi connectivity index (χ2v) is 9.36. The molecule has 0 radical (unpaired) electrons. The van der Waals surface area contributed by atoms with Crippen LogP contribution in [0.15, 0.2) is 59.7 Å². The summed E-state index contributed by atoms with van der Waals surface area (Å²) in [5.41, 5.74) is 5.79. The number of hydrogen-bond acceptors (Lipinski definition) is 5. The van der Waals surface area contributed by atoms with Gasteiger partial charge in [0.05, 0.1) is 10.6 Å². The highest BCUT2D eigenvalue weighted by Crippen LogP contribution is 2.37. The molecule has 0 saturated heterocycles. The van der Waals surface area contributed by atoms with Crippen LogP contribution in [0.4, 0.5) is 5.69 Å². The molecule has 1 aliphatic carbocycles. The highest BCUT2D eigenvalue weighted by molar-refractivity contribution is 7.73. The summed E-state index contributed by atoms with van der Waals surface area (Å²) in [5, 5.41) is 5.12. The Morgan fingerprint density at radius 3 is 2.50 bits per heavy atom. The molecule has 7 heteroatoms. The number of anilines is 1. The van der Waals surface area contributed by atoms with Gasteiger partial charge in [-0.05, 0) is 48.6 Å². The normalized spacial score (nSPS) is 16.8. The molecule has 4 rings (SSSR count). The van der Waals surface area contributed by atoms with E-state index in [0.29, 0.717) is 26.0 Å². The zero-order valence-electron chi connectivity index (χ0n) is 15.4. The number of Topliss-reactive ketones (excluding diaryl/α,β-unsaturated/α-hetero) is 1. The van der Waals surface area contributed by atoms with Crippen LogP contribution < -0.4 is 5.43 Å². The van der Waals surface area contributed by atoms with Crippen LogP contribution in [0.5, 0.6) is 0 Å². The monoisotopic (exact) mass is 427 g/mol. The average Bonchev–Trinajstić information content (AvgIpc) is 2.99. The maximum atomic E-state index is 13.3. The second kappa shape index (κ2) is 7.28. The Kier molecular flexibility index (Phi) is 4.95. The van der Waals surface area contributed by atoms with Gasteiger partial charge in [-0.15, -0.1) is 11.3 Å². The number of hydrogen-bond donors (Lipinski definition) is 1. The number of carbonyl (C=O) groups is 1. The van der Waals surface area contributed by atoms with Crippen LogP contribution in [0.25, 0.3) is 5.69 Å². The van der Waals surface area contributed by atoms with Gasteiger partial charge in [0, 0.05) is 28.2 Å². The van der Waals surface area contributed by atoms with Crippen molar-refractivity contribution in [2.45, 2.75) is 20.3 Å². The van der Waals surface area contributed by atoms with Crippen LogP contribution in [-0.2, 0) is 6.42 Å². The average molecular weight is 428 g/mol. The molecule has 0 bridgehead atoms. The van der Waals surface area contributed by atoms with E-state index in [1.54, 1.807) is 12.1 Å². The van der Waals surface area contributed by atoms with Crippen LogP contribution in [0.1, 0.15) is 29.2 Å². The van der Waals surface area contributed by atoms with Gasteiger partial charge in [0.1, 0.15) is 5.71 Å². The molecule has 0 amide bonds. The number of fused-ring (bicyclic) bond motifs is 1. The number of para-hydroxylation sites is 1.